The molecule has 0 saturated carbocycles. The van der Waals surface area contributed by atoms with Crippen LogP contribution in [-0.2, 0) is 6.18 Å². The van der Waals surface area contributed by atoms with Crippen molar-refractivity contribution in [2.45, 2.75) is 6.18 Å². The normalized spacial score (nSPS) is 11.0. The Balaban J connectivity index is 1.60. The lowest BCUT2D eigenvalue weighted by atomic mass is 10.1. The number of ether oxygens (including phenoxy) is 1. The molecule has 12 heteroatoms. The fraction of sp³-hybridized carbons (Fsp3) is 0.0526. The summed E-state index contributed by atoms with van der Waals surface area (Å²) < 4.78 is 57.0. The molecule has 3 aromatic rings. The van der Waals surface area contributed by atoms with E-state index in [-0.39, 0.29) is 28.0 Å². The second-order valence-electron chi connectivity index (χ2n) is 5.91. The van der Waals surface area contributed by atoms with Crippen molar-refractivity contribution in [2.24, 2.45) is 0 Å². The smallest absolute Gasteiger partial charge is 0.416 e. The Morgan fingerprint density at radius 2 is 1.65 bits per heavy atom. The van der Waals surface area contributed by atoms with E-state index in [1.54, 1.807) is 0 Å². The predicted octanol–water partition coefficient (Wildman–Crippen LogP) is 5.04. The number of urea groups is 1. The van der Waals surface area contributed by atoms with Crippen LogP contribution in [0.5, 0.6) is 11.8 Å². The maximum absolute atomic E-state index is 14.2. The Labute approximate surface area is 177 Å². The lowest BCUT2D eigenvalue weighted by Gasteiger charge is -2.10. The van der Waals surface area contributed by atoms with Crippen LogP contribution in [0.3, 0.4) is 0 Å². The third kappa shape index (κ3) is 5.89. The van der Waals surface area contributed by atoms with Gasteiger partial charge in [0.2, 0.25) is 0 Å². The molecule has 2 N–H and O–H groups in total. The number of halogens is 5. The van der Waals surface area contributed by atoms with Gasteiger partial charge in [-0.25, -0.2) is 19.2 Å². The number of alkyl halides is 3. The Bertz CT molecular complexity index is 1110. The molecule has 7 nitrogen and oxygen atoms in total. The van der Waals surface area contributed by atoms with Crippen LogP contribution in [-0.4, -0.2) is 21.9 Å². The second-order valence-corrected chi connectivity index (χ2v) is 6.35. The van der Waals surface area contributed by atoms with E-state index in [0.29, 0.717) is 12.1 Å². The number of anilines is 1. The molecule has 0 aliphatic rings. The minimum atomic E-state index is -4.55. The van der Waals surface area contributed by atoms with Crippen molar-refractivity contribution in [1.29, 1.82) is 0 Å². The zero-order valence-electron chi connectivity index (χ0n) is 15.2. The number of imide groups is 1. The number of nitrogens with one attached hydrogen (secondary N) is 2. The fourth-order valence-electron chi connectivity index (χ4n) is 2.26. The molecule has 1 heterocycles. The number of hydrogen-bond acceptors (Lipinski definition) is 5. The Kier molecular flexibility index (Phi) is 6.35. The number of aromatic nitrogens is 2. The molecule has 3 amide bonds. The van der Waals surface area contributed by atoms with Crippen LogP contribution in [0.25, 0.3) is 0 Å². The van der Waals surface area contributed by atoms with Crippen LogP contribution in [0.2, 0.25) is 5.02 Å². The molecule has 0 bridgehead atoms. The first kappa shape index (κ1) is 22.0. The maximum atomic E-state index is 14.2. The number of hydrogen-bond donors (Lipinski definition) is 2. The molecular formula is C19H11ClF4N4O3. The molecule has 0 aliphatic heterocycles. The molecule has 1 aromatic heterocycles. The average Bonchev–Trinajstić information content (AvgIpc) is 2.71. The number of carbonyl (C=O) groups is 2. The molecule has 0 unspecified atom stereocenters. The Morgan fingerprint density at radius 3 is 2.23 bits per heavy atom. The van der Waals surface area contributed by atoms with Gasteiger partial charge in [0.15, 0.2) is 11.6 Å². The summed E-state index contributed by atoms with van der Waals surface area (Å²) in [7, 11) is 0. The third-order valence-electron chi connectivity index (χ3n) is 3.69. The fourth-order valence-corrected chi connectivity index (χ4v) is 2.36. The van der Waals surface area contributed by atoms with Crippen molar-refractivity contribution >= 4 is 29.2 Å². The van der Waals surface area contributed by atoms with Crippen LogP contribution >= 0.6 is 11.6 Å². The first-order valence-corrected chi connectivity index (χ1v) is 8.74. The van der Waals surface area contributed by atoms with E-state index < -0.39 is 29.5 Å². The molecule has 0 radical (unpaired) electrons. The van der Waals surface area contributed by atoms with Gasteiger partial charge in [-0.1, -0.05) is 11.6 Å². The average molecular weight is 455 g/mol. The number of rotatable bonds is 4. The SMILES string of the molecule is O=C(NC(=O)c1ccc(C(F)(F)F)cc1)Nc1ccc(Oc2ncc(Cl)cn2)c(F)c1. The molecule has 2 aromatic carbocycles. The molecule has 3 rings (SSSR count). The molecule has 31 heavy (non-hydrogen) atoms. The summed E-state index contributed by atoms with van der Waals surface area (Å²) in [5, 5.41) is 4.42. The van der Waals surface area contributed by atoms with Gasteiger partial charge in [-0.15, -0.1) is 0 Å². The summed E-state index contributed by atoms with van der Waals surface area (Å²) in [4.78, 5) is 31.4. The summed E-state index contributed by atoms with van der Waals surface area (Å²) in [5.41, 5.74) is -1.11. The number of nitrogens with zero attached hydrogens (tertiary/aromatic N) is 2. The highest BCUT2D eigenvalue weighted by molar-refractivity contribution is 6.30. The lowest BCUT2D eigenvalue weighted by molar-refractivity contribution is -0.137. The van der Waals surface area contributed by atoms with Gasteiger partial charge in [-0.05, 0) is 36.4 Å². The van der Waals surface area contributed by atoms with Crippen molar-refractivity contribution < 1.29 is 31.9 Å². The van der Waals surface area contributed by atoms with Gasteiger partial charge in [0.25, 0.3) is 5.91 Å². The quantitative estimate of drug-likeness (QED) is 0.539. The van der Waals surface area contributed by atoms with Crippen molar-refractivity contribution in [3.05, 3.63) is 76.8 Å². The van der Waals surface area contributed by atoms with Crippen molar-refractivity contribution in [1.82, 2.24) is 15.3 Å². The number of benzene rings is 2. The summed E-state index contributed by atoms with van der Waals surface area (Å²) in [5.74, 6) is -2.02. The Hall–Kier alpha value is -3.73. The van der Waals surface area contributed by atoms with Crippen molar-refractivity contribution in [3.8, 4) is 11.8 Å². The summed E-state index contributed by atoms with van der Waals surface area (Å²) in [6, 6.07) is 5.52. The highest BCUT2D eigenvalue weighted by atomic mass is 35.5. The van der Waals surface area contributed by atoms with Crippen LogP contribution in [0.1, 0.15) is 15.9 Å². The maximum Gasteiger partial charge on any atom is 0.416 e. The minimum absolute atomic E-state index is 0.0143. The monoisotopic (exact) mass is 454 g/mol. The summed E-state index contributed by atoms with van der Waals surface area (Å²) in [6.07, 6.45) is -2.03. The molecule has 0 spiro atoms. The standard InChI is InChI=1S/C19H11ClF4N4O3/c20-12-8-25-18(26-9-12)31-15-6-5-13(7-14(15)21)27-17(30)28-16(29)10-1-3-11(4-2-10)19(22,23)24/h1-9H,(H2,27,28,29,30). The van der Waals surface area contributed by atoms with E-state index in [0.717, 1.165) is 18.2 Å². The van der Waals surface area contributed by atoms with Gasteiger partial charge in [0.05, 0.1) is 23.0 Å². The van der Waals surface area contributed by atoms with E-state index in [1.165, 1.54) is 24.5 Å². The topological polar surface area (TPSA) is 93.2 Å². The Morgan fingerprint density at radius 1 is 1.00 bits per heavy atom. The molecule has 0 fully saturated rings. The van der Waals surface area contributed by atoms with E-state index in [2.05, 4.69) is 15.3 Å². The first-order chi connectivity index (χ1) is 14.6. The number of carbonyl (C=O) groups excluding carboxylic acids is 2. The molecular weight excluding hydrogens is 444 g/mol. The third-order valence-corrected chi connectivity index (χ3v) is 3.88. The minimum Gasteiger partial charge on any atom is -0.421 e. The van der Waals surface area contributed by atoms with Crippen LogP contribution in [0, 0.1) is 5.82 Å². The summed E-state index contributed by atoms with van der Waals surface area (Å²) in [6.45, 7) is 0. The second kappa shape index (κ2) is 8.96. The van der Waals surface area contributed by atoms with E-state index in [4.69, 9.17) is 16.3 Å². The molecule has 0 atom stereocenters. The highest BCUT2D eigenvalue weighted by Crippen LogP contribution is 2.29. The van der Waals surface area contributed by atoms with Gasteiger partial charge >= 0.3 is 18.2 Å². The van der Waals surface area contributed by atoms with Gasteiger partial charge in [0.1, 0.15) is 0 Å². The number of amides is 3. The molecule has 0 aliphatic carbocycles. The van der Waals surface area contributed by atoms with Crippen LogP contribution in [0.15, 0.2) is 54.9 Å². The predicted molar refractivity (Wildman–Crippen MR) is 101 cm³/mol. The van der Waals surface area contributed by atoms with Crippen molar-refractivity contribution in [2.75, 3.05) is 5.32 Å². The summed E-state index contributed by atoms with van der Waals surface area (Å²) >= 11 is 5.65. The van der Waals surface area contributed by atoms with Crippen LogP contribution < -0.4 is 15.4 Å². The highest BCUT2D eigenvalue weighted by Gasteiger charge is 2.30. The van der Waals surface area contributed by atoms with Crippen molar-refractivity contribution in [3.63, 3.8) is 0 Å². The van der Waals surface area contributed by atoms with Gasteiger partial charge in [0, 0.05) is 17.3 Å². The van der Waals surface area contributed by atoms with Gasteiger partial charge in [-0.2, -0.15) is 13.2 Å². The first-order valence-electron chi connectivity index (χ1n) is 8.36. The molecule has 0 saturated heterocycles. The van der Waals surface area contributed by atoms with E-state index in [1.807, 2.05) is 5.32 Å². The zero-order chi connectivity index (χ0) is 22.6. The molecule has 160 valence electrons. The van der Waals surface area contributed by atoms with E-state index in [9.17, 15) is 27.2 Å². The van der Waals surface area contributed by atoms with E-state index >= 15 is 0 Å². The van der Waals surface area contributed by atoms with Crippen LogP contribution in [0.4, 0.5) is 28.0 Å². The zero-order valence-corrected chi connectivity index (χ0v) is 16.0. The largest absolute Gasteiger partial charge is 0.421 e. The van der Waals surface area contributed by atoms with Gasteiger partial charge in [-0.3, -0.25) is 10.1 Å². The lowest BCUT2D eigenvalue weighted by Crippen LogP contribution is -2.34. The van der Waals surface area contributed by atoms with Gasteiger partial charge < -0.3 is 10.1 Å².